The maximum absolute atomic E-state index is 13.1. The second kappa shape index (κ2) is 10.8. The first kappa shape index (κ1) is 23.3. The Hall–Kier alpha value is -3.85. The fourth-order valence-electron chi connectivity index (χ4n) is 3.12. The van der Waals surface area contributed by atoms with Gasteiger partial charge >= 0.3 is 0 Å². The number of hydrogen-bond acceptors (Lipinski definition) is 6. The molecule has 0 saturated heterocycles. The van der Waals surface area contributed by atoms with Crippen LogP contribution in [0.2, 0.25) is 0 Å². The van der Waals surface area contributed by atoms with E-state index in [9.17, 15) is 9.18 Å². The number of carbonyl (C=O) groups is 1. The Bertz CT molecular complexity index is 1240. The molecular weight excluding hydrogens is 455 g/mol. The van der Waals surface area contributed by atoms with Crippen molar-refractivity contribution in [2.24, 2.45) is 0 Å². The molecule has 9 heteroatoms. The van der Waals surface area contributed by atoms with Crippen LogP contribution in [0.5, 0.6) is 11.5 Å². The van der Waals surface area contributed by atoms with Crippen molar-refractivity contribution in [3.8, 4) is 17.2 Å². The van der Waals surface area contributed by atoms with Gasteiger partial charge < -0.3 is 14.8 Å². The van der Waals surface area contributed by atoms with Gasteiger partial charge in [-0.3, -0.25) is 9.36 Å². The second-order valence-electron chi connectivity index (χ2n) is 7.38. The zero-order chi connectivity index (χ0) is 23.9. The summed E-state index contributed by atoms with van der Waals surface area (Å²) in [5.74, 6) is 1.54. The first-order valence-corrected chi connectivity index (χ1v) is 11.5. The molecule has 34 heavy (non-hydrogen) atoms. The van der Waals surface area contributed by atoms with Crippen LogP contribution in [0.3, 0.4) is 0 Å². The Labute approximate surface area is 200 Å². The maximum atomic E-state index is 13.1. The summed E-state index contributed by atoms with van der Waals surface area (Å²) < 4.78 is 26.0. The van der Waals surface area contributed by atoms with Crippen LogP contribution in [0.4, 0.5) is 10.1 Å². The lowest BCUT2D eigenvalue weighted by atomic mass is 10.2. The second-order valence-corrected chi connectivity index (χ2v) is 8.32. The van der Waals surface area contributed by atoms with Gasteiger partial charge in [0.2, 0.25) is 5.91 Å². The van der Waals surface area contributed by atoms with Crippen LogP contribution < -0.4 is 14.8 Å². The minimum Gasteiger partial charge on any atom is -0.497 e. The SMILES string of the molecule is COc1ccc(OCc2nnc(SCC(=O)Nc3ccc(F)cc3)n2-c2ccc(C)cc2)cc1. The van der Waals surface area contributed by atoms with Gasteiger partial charge in [-0.15, -0.1) is 10.2 Å². The number of carbonyl (C=O) groups excluding carboxylic acids is 1. The summed E-state index contributed by atoms with van der Waals surface area (Å²) in [4.78, 5) is 12.4. The first-order chi connectivity index (χ1) is 16.5. The van der Waals surface area contributed by atoms with E-state index in [1.807, 2.05) is 60.0 Å². The molecule has 0 atom stereocenters. The fourth-order valence-corrected chi connectivity index (χ4v) is 3.89. The zero-order valence-corrected chi connectivity index (χ0v) is 19.5. The maximum Gasteiger partial charge on any atom is 0.234 e. The number of methoxy groups -OCH3 is 1. The Kier molecular flexibility index (Phi) is 7.44. The molecule has 0 aliphatic heterocycles. The molecule has 0 fully saturated rings. The van der Waals surface area contributed by atoms with Crippen molar-refractivity contribution in [3.05, 3.63) is 90.0 Å². The molecule has 0 unspecified atom stereocenters. The van der Waals surface area contributed by atoms with Gasteiger partial charge in [-0.05, 0) is 67.6 Å². The topological polar surface area (TPSA) is 78.3 Å². The van der Waals surface area contributed by atoms with Crippen LogP contribution in [0.25, 0.3) is 5.69 Å². The predicted octanol–water partition coefficient (Wildman–Crippen LogP) is 5.03. The highest BCUT2D eigenvalue weighted by molar-refractivity contribution is 7.99. The molecule has 0 aliphatic carbocycles. The highest BCUT2D eigenvalue weighted by Crippen LogP contribution is 2.24. The molecule has 1 N–H and O–H groups in total. The molecule has 0 bridgehead atoms. The van der Waals surface area contributed by atoms with E-state index in [-0.39, 0.29) is 24.1 Å². The molecule has 3 aromatic carbocycles. The van der Waals surface area contributed by atoms with Crippen LogP contribution in [0.15, 0.2) is 78.0 Å². The summed E-state index contributed by atoms with van der Waals surface area (Å²) in [6, 6.07) is 20.8. The van der Waals surface area contributed by atoms with Crippen molar-refractivity contribution in [2.75, 3.05) is 18.2 Å². The number of benzene rings is 3. The molecule has 1 amide bonds. The van der Waals surface area contributed by atoms with E-state index in [1.165, 1.54) is 36.0 Å². The van der Waals surface area contributed by atoms with E-state index in [4.69, 9.17) is 9.47 Å². The van der Waals surface area contributed by atoms with E-state index >= 15 is 0 Å². The van der Waals surface area contributed by atoms with Gasteiger partial charge in [-0.2, -0.15) is 0 Å². The summed E-state index contributed by atoms with van der Waals surface area (Å²) in [7, 11) is 1.61. The standard InChI is InChI=1S/C25H23FN4O3S/c1-17-3-9-20(10-4-17)30-23(15-33-22-13-11-21(32-2)12-14-22)28-29-25(30)34-16-24(31)27-19-7-5-18(26)6-8-19/h3-14H,15-16H2,1-2H3,(H,27,31). The normalized spacial score (nSPS) is 10.7. The summed E-state index contributed by atoms with van der Waals surface area (Å²) in [6.07, 6.45) is 0. The number of thioether (sulfide) groups is 1. The molecule has 1 aromatic heterocycles. The van der Waals surface area contributed by atoms with Gasteiger partial charge in [0.25, 0.3) is 0 Å². The Morgan fingerprint density at radius 2 is 1.65 bits per heavy atom. The molecule has 0 aliphatic rings. The number of ether oxygens (including phenoxy) is 2. The van der Waals surface area contributed by atoms with E-state index in [0.717, 1.165) is 17.0 Å². The van der Waals surface area contributed by atoms with Crippen LogP contribution in [0, 0.1) is 12.7 Å². The Morgan fingerprint density at radius 3 is 2.32 bits per heavy atom. The number of amides is 1. The lowest BCUT2D eigenvalue weighted by molar-refractivity contribution is -0.113. The number of nitrogens with zero attached hydrogens (tertiary/aromatic N) is 3. The fraction of sp³-hybridized carbons (Fsp3) is 0.160. The van der Waals surface area contributed by atoms with Crippen molar-refractivity contribution in [1.29, 1.82) is 0 Å². The minimum absolute atomic E-state index is 0.112. The highest BCUT2D eigenvalue weighted by atomic mass is 32.2. The molecule has 0 saturated carbocycles. The molecule has 0 radical (unpaired) electrons. The first-order valence-electron chi connectivity index (χ1n) is 10.5. The number of anilines is 1. The number of hydrogen-bond donors (Lipinski definition) is 1. The van der Waals surface area contributed by atoms with Gasteiger partial charge in [0.15, 0.2) is 11.0 Å². The molecule has 0 spiro atoms. The number of rotatable bonds is 9. The van der Waals surface area contributed by atoms with E-state index in [1.54, 1.807) is 7.11 Å². The molecule has 4 aromatic rings. The number of aromatic nitrogens is 3. The number of halogens is 1. The average Bonchev–Trinajstić information content (AvgIpc) is 3.26. The molecule has 4 rings (SSSR count). The summed E-state index contributed by atoms with van der Waals surface area (Å²) in [5.41, 5.74) is 2.52. The van der Waals surface area contributed by atoms with Crippen LogP contribution in [0.1, 0.15) is 11.4 Å². The van der Waals surface area contributed by atoms with Crippen LogP contribution in [-0.4, -0.2) is 33.5 Å². The third-order valence-electron chi connectivity index (χ3n) is 4.88. The zero-order valence-electron chi connectivity index (χ0n) is 18.7. The van der Waals surface area contributed by atoms with Crippen molar-refractivity contribution in [3.63, 3.8) is 0 Å². The van der Waals surface area contributed by atoms with E-state index < -0.39 is 0 Å². The van der Waals surface area contributed by atoms with E-state index in [0.29, 0.717) is 22.4 Å². The van der Waals surface area contributed by atoms with E-state index in [2.05, 4.69) is 15.5 Å². The quantitative estimate of drug-likeness (QED) is 0.340. The molecule has 7 nitrogen and oxygen atoms in total. The molecule has 174 valence electrons. The predicted molar refractivity (Wildman–Crippen MR) is 129 cm³/mol. The summed E-state index contributed by atoms with van der Waals surface area (Å²) >= 11 is 1.26. The van der Waals surface area contributed by atoms with Crippen molar-refractivity contribution in [2.45, 2.75) is 18.7 Å². The smallest absolute Gasteiger partial charge is 0.234 e. The van der Waals surface area contributed by atoms with Crippen molar-refractivity contribution >= 4 is 23.4 Å². The Morgan fingerprint density at radius 1 is 0.971 bits per heavy atom. The van der Waals surface area contributed by atoms with Gasteiger partial charge in [0, 0.05) is 11.4 Å². The van der Waals surface area contributed by atoms with Gasteiger partial charge in [-0.25, -0.2) is 4.39 Å². The monoisotopic (exact) mass is 478 g/mol. The summed E-state index contributed by atoms with van der Waals surface area (Å²) in [5, 5.41) is 11.9. The lowest BCUT2D eigenvalue weighted by Gasteiger charge is -2.12. The minimum atomic E-state index is -0.358. The van der Waals surface area contributed by atoms with Crippen LogP contribution in [-0.2, 0) is 11.4 Å². The number of aryl methyl sites for hydroxylation is 1. The van der Waals surface area contributed by atoms with Crippen molar-refractivity contribution in [1.82, 2.24) is 14.8 Å². The number of nitrogens with one attached hydrogen (secondary N) is 1. The Balaban J connectivity index is 1.49. The largest absolute Gasteiger partial charge is 0.497 e. The van der Waals surface area contributed by atoms with Gasteiger partial charge in [-0.1, -0.05) is 29.5 Å². The lowest BCUT2D eigenvalue weighted by Crippen LogP contribution is -2.14. The molecular formula is C25H23FN4O3S. The highest BCUT2D eigenvalue weighted by Gasteiger charge is 2.17. The van der Waals surface area contributed by atoms with Gasteiger partial charge in [0.1, 0.15) is 23.9 Å². The van der Waals surface area contributed by atoms with Gasteiger partial charge in [0.05, 0.1) is 12.9 Å². The third-order valence-corrected chi connectivity index (χ3v) is 5.81. The third kappa shape index (κ3) is 5.93. The van der Waals surface area contributed by atoms with Crippen molar-refractivity contribution < 1.29 is 18.7 Å². The molecule has 1 heterocycles. The summed E-state index contributed by atoms with van der Waals surface area (Å²) in [6.45, 7) is 2.20. The van der Waals surface area contributed by atoms with Crippen LogP contribution >= 0.6 is 11.8 Å². The average molecular weight is 479 g/mol.